The van der Waals surface area contributed by atoms with Crippen molar-refractivity contribution in [3.8, 4) is 11.8 Å². The molecular weight excluding hydrogens is 328 g/mol. The molecule has 1 heterocycles. The van der Waals surface area contributed by atoms with Crippen LogP contribution >= 0.6 is 0 Å². The zero-order valence-corrected chi connectivity index (χ0v) is 14.2. The van der Waals surface area contributed by atoms with Crippen molar-refractivity contribution in [2.75, 3.05) is 6.54 Å². The third-order valence-electron chi connectivity index (χ3n) is 3.77. The molecule has 0 bridgehead atoms. The largest absolute Gasteiger partial charge is 0.350 e. The lowest BCUT2D eigenvalue weighted by atomic mass is 10.2. The number of carbonyl (C=O) groups excluding carboxylic acids is 2. The van der Waals surface area contributed by atoms with Crippen LogP contribution in [-0.4, -0.2) is 23.1 Å². The summed E-state index contributed by atoms with van der Waals surface area (Å²) in [6, 6.07) is 16.5. The second kappa shape index (κ2) is 7.90. The fourth-order valence-electron chi connectivity index (χ4n) is 2.54. The second-order valence-electron chi connectivity index (χ2n) is 5.60. The van der Waals surface area contributed by atoms with Gasteiger partial charge in [0.05, 0.1) is 12.1 Å². The van der Waals surface area contributed by atoms with E-state index in [4.69, 9.17) is 0 Å². The summed E-state index contributed by atoms with van der Waals surface area (Å²) in [4.78, 5) is 24.0. The molecule has 130 valence electrons. The van der Waals surface area contributed by atoms with Crippen molar-refractivity contribution in [2.24, 2.45) is 7.05 Å². The smallest absolute Gasteiger partial charge is 0.334 e. The van der Waals surface area contributed by atoms with E-state index in [1.165, 1.54) is 0 Å². The first kappa shape index (κ1) is 17.1. The SMILES string of the molecule is Cn1cc(C(=O)NNC(=O)NCC#Cc2ccccc2)c2ccccc21. The molecule has 0 atom stereocenters. The van der Waals surface area contributed by atoms with Crippen molar-refractivity contribution in [2.45, 2.75) is 0 Å². The van der Waals surface area contributed by atoms with E-state index in [1.807, 2.05) is 66.2 Å². The Bertz CT molecular complexity index is 997. The molecule has 0 unspecified atom stereocenters. The Hall–Kier alpha value is -3.72. The maximum absolute atomic E-state index is 12.3. The van der Waals surface area contributed by atoms with Gasteiger partial charge in [0.2, 0.25) is 0 Å². The van der Waals surface area contributed by atoms with Crippen molar-refractivity contribution < 1.29 is 9.59 Å². The zero-order valence-electron chi connectivity index (χ0n) is 14.2. The average molecular weight is 346 g/mol. The predicted molar refractivity (Wildman–Crippen MR) is 100 cm³/mol. The fourth-order valence-corrected chi connectivity index (χ4v) is 2.54. The highest BCUT2D eigenvalue weighted by Crippen LogP contribution is 2.19. The number of fused-ring (bicyclic) bond motifs is 1. The number of nitrogens with zero attached hydrogens (tertiary/aromatic N) is 1. The number of rotatable bonds is 2. The van der Waals surface area contributed by atoms with E-state index in [2.05, 4.69) is 28.0 Å². The summed E-state index contributed by atoms with van der Waals surface area (Å²) in [6.45, 7) is 0.171. The van der Waals surface area contributed by atoms with Crippen LogP contribution in [0.1, 0.15) is 15.9 Å². The van der Waals surface area contributed by atoms with Gasteiger partial charge >= 0.3 is 6.03 Å². The van der Waals surface area contributed by atoms with Crippen molar-refractivity contribution in [1.82, 2.24) is 20.7 Å². The number of hydrogen-bond acceptors (Lipinski definition) is 2. The Morgan fingerprint density at radius 3 is 2.54 bits per heavy atom. The molecule has 2 aromatic carbocycles. The van der Waals surface area contributed by atoms with Crippen LogP contribution in [0.25, 0.3) is 10.9 Å². The first-order valence-corrected chi connectivity index (χ1v) is 8.07. The molecule has 3 aromatic rings. The van der Waals surface area contributed by atoms with Crippen LogP contribution in [0, 0.1) is 11.8 Å². The Labute approximate surface area is 151 Å². The van der Waals surface area contributed by atoms with Gasteiger partial charge in [-0.25, -0.2) is 10.2 Å². The quantitative estimate of drug-likeness (QED) is 0.491. The molecule has 0 saturated carbocycles. The highest BCUT2D eigenvalue weighted by Gasteiger charge is 2.13. The molecule has 26 heavy (non-hydrogen) atoms. The number of nitrogens with one attached hydrogen (secondary N) is 3. The zero-order chi connectivity index (χ0) is 18.4. The van der Waals surface area contributed by atoms with Crippen LogP contribution in [0.2, 0.25) is 0 Å². The maximum atomic E-state index is 12.3. The van der Waals surface area contributed by atoms with Gasteiger partial charge in [-0.05, 0) is 18.2 Å². The van der Waals surface area contributed by atoms with Crippen molar-refractivity contribution in [3.05, 3.63) is 71.9 Å². The standard InChI is InChI=1S/C20H18N4O2/c1-24-14-17(16-11-5-6-12-18(16)24)19(25)22-23-20(26)21-13-7-10-15-8-3-2-4-9-15/h2-6,8-9,11-12,14H,13H2,1H3,(H,22,25)(H2,21,23,26). The van der Waals surface area contributed by atoms with Crippen LogP contribution < -0.4 is 16.2 Å². The molecule has 0 radical (unpaired) electrons. The minimum atomic E-state index is -0.527. The molecule has 0 saturated heterocycles. The van der Waals surface area contributed by atoms with E-state index in [1.54, 1.807) is 6.20 Å². The predicted octanol–water partition coefficient (Wildman–Crippen LogP) is 2.17. The molecule has 0 aliphatic heterocycles. The molecule has 3 N–H and O–H groups in total. The van der Waals surface area contributed by atoms with Gasteiger partial charge < -0.3 is 9.88 Å². The van der Waals surface area contributed by atoms with Gasteiger partial charge in [0.15, 0.2) is 0 Å². The first-order chi connectivity index (χ1) is 12.6. The summed E-state index contributed by atoms with van der Waals surface area (Å²) >= 11 is 0. The Morgan fingerprint density at radius 2 is 1.73 bits per heavy atom. The Morgan fingerprint density at radius 1 is 1.00 bits per heavy atom. The highest BCUT2D eigenvalue weighted by molar-refractivity contribution is 6.07. The van der Waals surface area contributed by atoms with Crippen LogP contribution in [0.3, 0.4) is 0 Å². The molecule has 3 rings (SSSR count). The summed E-state index contributed by atoms with van der Waals surface area (Å²) in [6.07, 6.45) is 1.73. The Balaban J connectivity index is 1.51. The van der Waals surface area contributed by atoms with Gasteiger partial charge in [0, 0.05) is 29.7 Å². The summed E-state index contributed by atoms with van der Waals surface area (Å²) in [5.41, 5.74) is 7.04. The lowest BCUT2D eigenvalue weighted by Gasteiger charge is -2.06. The maximum Gasteiger partial charge on any atom is 0.334 e. The van der Waals surface area contributed by atoms with E-state index in [0.717, 1.165) is 16.5 Å². The normalized spacial score (nSPS) is 9.88. The number of hydrazine groups is 1. The molecule has 0 spiro atoms. The van der Waals surface area contributed by atoms with Gasteiger partial charge in [-0.15, -0.1) is 0 Å². The minimum absolute atomic E-state index is 0.171. The Kier molecular flexibility index (Phi) is 5.20. The van der Waals surface area contributed by atoms with E-state index in [0.29, 0.717) is 5.56 Å². The lowest BCUT2D eigenvalue weighted by molar-refractivity contribution is 0.0938. The third-order valence-corrected chi connectivity index (χ3v) is 3.77. The molecule has 3 amide bonds. The number of aryl methyl sites for hydroxylation is 1. The summed E-state index contributed by atoms with van der Waals surface area (Å²) in [5.74, 6) is 5.39. The highest BCUT2D eigenvalue weighted by atomic mass is 16.2. The molecule has 0 aliphatic carbocycles. The second-order valence-corrected chi connectivity index (χ2v) is 5.60. The number of urea groups is 1. The fraction of sp³-hybridized carbons (Fsp3) is 0.100. The van der Waals surface area contributed by atoms with Gasteiger partial charge in [0.1, 0.15) is 0 Å². The number of aromatic nitrogens is 1. The van der Waals surface area contributed by atoms with Crippen LogP contribution in [0.4, 0.5) is 4.79 Å². The van der Waals surface area contributed by atoms with Gasteiger partial charge in [0.25, 0.3) is 5.91 Å². The number of carbonyl (C=O) groups is 2. The number of amides is 3. The van der Waals surface area contributed by atoms with Crippen LogP contribution in [-0.2, 0) is 7.05 Å². The first-order valence-electron chi connectivity index (χ1n) is 8.07. The number of para-hydroxylation sites is 1. The average Bonchev–Trinajstić information content (AvgIpc) is 3.01. The molecule has 0 fully saturated rings. The third kappa shape index (κ3) is 4.02. The van der Waals surface area contributed by atoms with E-state index in [-0.39, 0.29) is 12.5 Å². The van der Waals surface area contributed by atoms with Gasteiger partial charge in [-0.2, -0.15) is 0 Å². The molecule has 6 nitrogen and oxygen atoms in total. The number of benzene rings is 2. The molecule has 0 aliphatic rings. The van der Waals surface area contributed by atoms with Gasteiger partial charge in [-0.3, -0.25) is 10.2 Å². The van der Waals surface area contributed by atoms with E-state index < -0.39 is 6.03 Å². The number of hydrogen-bond donors (Lipinski definition) is 3. The molecule has 6 heteroatoms. The van der Waals surface area contributed by atoms with E-state index in [9.17, 15) is 9.59 Å². The van der Waals surface area contributed by atoms with Crippen molar-refractivity contribution in [3.63, 3.8) is 0 Å². The van der Waals surface area contributed by atoms with Gasteiger partial charge in [-0.1, -0.05) is 48.2 Å². The summed E-state index contributed by atoms with van der Waals surface area (Å²) < 4.78 is 1.86. The van der Waals surface area contributed by atoms with Crippen molar-refractivity contribution in [1.29, 1.82) is 0 Å². The topological polar surface area (TPSA) is 75.2 Å². The summed E-state index contributed by atoms with van der Waals surface area (Å²) in [5, 5.41) is 3.38. The molecular formula is C20H18N4O2. The van der Waals surface area contributed by atoms with Crippen LogP contribution in [0.5, 0.6) is 0 Å². The van der Waals surface area contributed by atoms with E-state index >= 15 is 0 Å². The minimum Gasteiger partial charge on any atom is -0.350 e. The van der Waals surface area contributed by atoms with Crippen LogP contribution in [0.15, 0.2) is 60.8 Å². The summed E-state index contributed by atoms with van der Waals surface area (Å²) in [7, 11) is 1.87. The molecule has 1 aromatic heterocycles. The monoisotopic (exact) mass is 346 g/mol. The van der Waals surface area contributed by atoms with Crippen molar-refractivity contribution >= 4 is 22.8 Å². The lowest BCUT2D eigenvalue weighted by Crippen LogP contribution is -2.47.